The zero-order valence-corrected chi connectivity index (χ0v) is 17.8. The molecule has 4 heterocycles. The summed E-state index contributed by atoms with van der Waals surface area (Å²) in [5.41, 5.74) is 5.28. The molecular formula is C17H19BrN6O4S. The first-order valence-electron chi connectivity index (χ1n) is 9.11. The number of halogens is 1. The molecule has 4 rings (SSSR count). The second-order valence-electron chi connectivity index (χ2n) is 6.50. The molecule has 0 aromatic carbocycles. The molecule has 0 saturated carbocycles. The summed E-state index contributed by atoms with van der Waals surface area (Å²) in [7, 11) is 0. The summed E-state index contributed by atoms with van der Waals surface area (Å²) >= 11 is 4.68. The van der Waals surface area contributed by atoms with Crippen LogP contribution in [0.2, 0.25) is 0 Å². The van der Waals surface area contributed by atoms with E-state index in [0.29, 0.717) is 51.9 Å². The third-order valence-electron chi connectivity index (χ3n) is 4.37. The van der Waals surface area contributed by atoms with Crippen LogP contribution in [0.5, 0.6) is 0 Å². The van der Waals surface area contributed by atoms with Crippen molar-refractivity contribution in [3.63, 3.8) is 0 Å². The average Bonchev–Trinajstić information content (AvgIpc) is 3.47. The summed E-state index contributed by atoms with van der Waals surface area (Å²) in [6.07, 6.45) is 2.81. The SMILES string of the molecule is NC(=O)CCc1nnc(SCc2nnc(-c3ccc(Br)o3)o2)n1CC1CCCO1. The highest BCUT2D eigenvalue weighted by molar-refractivity contribution is 9.10. The predicted molar refractivity (Wildman–Crippen MR) is 106 cm³/mol. The summed E-state index contributed by atoms with van der Waals surface area (Å²) < 4.78 is 19.4. The molecule has 0 spiro atoms. The van der Waals surface area contributed by atoms with Crippen molar-refractivity contribution in [3.8, 4) is 11.7 Å². The van der Waals surface area contributed by atoms with Crippen molar-refractivity contribution in [2.45, 2.75) is 49.2 Å². The van der Waals surface area contributed by atoms with E-state index in [4.69, 9.17) is 19.3 Å². The Hall–Kier alpha value is -2.18. The van der Waals surface area contributed by atoms with Gasteiger partial charge in [-0.3, -0.25) is 4.79 Å². The average molecular weight is 483 g/mol. The van der Waals surface area contributed by atoms with Gasteiger partial charge < -0.3 is 23.9 Å². The third kappa shape index (κ3) is 5.06. The van der Waals surface area contributed by atoms with E-state index in [0.717, 1.165) is 19.4 Å². The van der Waals surface area contributed by atoms with Gasteiger partial charge in [0.15, 0.2) is 15.6 Å². The van der Waals surface area contributed by atoms with Gasteiger partial charge >= 0.3 is 0 Å². The lowest BCUT2D eigenvalue weighted by atomic mass is 10.2. The summed E-state index contributed by atoms with van der Waals surface area (Å²) in [6.45, 7) is 1.40. The van der Waals surface area contributed by atoms with Crippen molar-refractivity contribution in [2.24, 2.45) is 5.73 Å². The van der Waals surface area contributed by atoms with Crippen LogP contribution in [0.15, 0.2) is 30.8 Å². The van der Waals surface area contributed by atoms with Gasteiger partial charge in [-0.25, -0.2) is 0 Å². The van der Waals surface area contributed by atoms with Crippen LogP contribution in [-0.2, 0) is 28.2 Å². The van der Waals surface area contributed by atoms with Crippen LogP contribution in [0.25, 0.3) is 11.7 Å². The lowest BCUT2D eigenvalue weighted by molar-refractivity contribution is -0.118. The van der Waals surface area contributed by atoms with Crippen molar-refractivity contribution in [2.75, 3.05) is 6.61 Å². The van der Waals surface area contributed by atoms with Crippen LogP contribution in [0, 0.1) is 0 Å². The molecule has 10 nitrogen and oxygen atoms in total. The first-order valence-corrected chi connectivity index (χ1v) is 10.9. The van der Waals surface area contributed by atoms with E-state index < -0.39 is 0 Å². The Bertz CT molecular complexity index is 980. The number of hydrogen-bond donors (Lipinski definition) is 1. The molecule has 1 aliphatic rings. The fourth-order valence-corrected chi connectivity index (χ4v) is 4.10. The molecule has 1 aliphatic heterocycles. The van der Waals surface area contributed by atoms with Crippen LogP contribution >= 0.6 is 27.7 Å². The number of carbonyl (C=O) groups is 1. The normalized spacial score (nSPS) is 16.5. The second kappa shape index (κ2) is 9.09. The standard InChI is InChI=1S/C17H19BrN6O4S/c18-12-4-3-11(27-12)16-22-21-15(28-16)9-29-17-23-20-14(6-5-13(19)25)24(17)8-10-2-1-7-26-10/h3-4,10H,1-2,5-9H2,(H2,19,25). The quantitative estimate of drug-likeness (QED) is 0.456. The van der Waals surface area contributed by atoms with Crippen molar-refractivity contribution in [3.05, 3.63) is 28.5 Å². The largest absolute Gasteiger partial charge is 0.444 e. The molecular weight excluding hydrogens is 464 g/mol. The van der Waals surface area contributed by atoms with Gasteiger partial charge in [-0.2, -0.15) is 0 Å². The van der Waals surface area contributed by atoms with Crippen LogP contribution in [0.1, 0.15) is 31.0 Å². The Kier molecular flexibility index (Phi) is 6.31. The molecule has 0 radical (unpaired) electrons. The van der Waals surface area contributed by atoms with Crippen LogP contribution < -0.4 is 5.73 Å². The lowest BCUT2D eigenvalue weighted by Crippen LogP contribution is -2.19. The molecule has 3 aromatic rings. The van der Waals surface area contributed by atoms with Gasteiger partial charge in [0.1, 0.15) is 5.82 Å². The smallest absolute Gasteiger partial charge is 0.283 e. The number of nitrogens with zero attached hydrogens (tertiary/aromatic N) is 5. The number of rotatable bonds is 9. The number of thioether (sulfide) groups is 1. The molecule has 154 valence electrons. The molecule has 29 heavy (non-hydrogen) atoms. The minimum Gasteiger partial charge on any atom is -0.444 e. The van der Waals surface area contributed by atoms with E-state index in [1.165, 1.54) is 11.8 Å². The van der Waals surface area contributed by atoms with Crippen LogP contribution in [0.4, 0.5) is 0 Å². The van der Waals surface area contributed by atoms with Gasteiger partial charge in [0.2, 0.25) is 11.8 Å². The fourth-order valence-electron chi connectivity index (χ4n) is 2.99. The number of carbonyl (C=O) groups excluding carboxylic acids is 1. The van der Waals surface area contributed by atoms with Crippen molar-refractivity contribution in [1.29, 1.82) is 0 Å². The first kappa shape index (κ1) is 20.1. The maximum Gasteiger partial charge on any atom is 0.283 e. The van der Waals surface area contributed by atoms with Gasteiger partial charge in [-0.05, 0) is 40.9 Å². The van der Waals surface area contributed by atoms with Crippen molar-refractivity contribution >= 4 is 33.6 Å². The van der Waals surface area contributed by atoms with Gasteiger partial charge in [-0.15, -0.1) is 20.4 Å². The Morgan fingerprint density at radius 1 is 1.28 bits per heavy atom. The number of amides is 1. The maximum absolute atomic E-state index is 11.2. The second-order valence-corrected chi connectivity index (χ2v) is 8.23. The number of ether oxygens (including phenoxy) is 1. The number of aromatic nitrogens is 5. The summed E-state index contributed by atoms with van der Waals surface area (Å²) in [5, 5.41) is 17.3. The number of aryl methyl sites for hydroxylation is 1. The van der Waals surface area contributed by atoms with Gasteiger partial charge in [0.05, 0.1) is 18.4 Å². The molecule has 1 saturated heterocycles. The molecule has 0 aliphatic carbocycles. The third-order valence-corrected chi connectivity index (χ3v) is 5.75. The van der Waals surface area contributed by atoms with E-state index in [-0.39, 0.29) is 18.4 Å². The van der Waals surface area contributed by atoms with Crippen LogP contribution in [0.3, 0.4) is 0 Å². The highest BCUT2D eigenvalue weighted by Crippen LogP contribution is 2.27. The van der Waals surface area contributed by atoms with Crippen molar-refractivity contribution < 1.29 is 18.4 Å². The minimum atomic E-state index is -0.367. The zero-order chi connectivity index (χ0) is 20.2. The topological polar surface area (TPSA) is 135 Å². The number of hydrogen-bond acceptors (Lipinski definition) is 9. The fraction of sp³-hybridized carbons (Fsp3) is 0.471. The first-order chi connectivity index (χ1) is 14.1. The number of furan rings is 1. The maximum atomic E-state index is 11.2. The van der Waals surface area contributed by atoms with E-state index in [9.17, 15) is 4.79 Å². The Labute approximate surface area is 178 Å². The number of primary amides is 1. The molecule has 3 aromatic heterocycles. The molecule has 1 amide bonds. The Morgan fingerprint density at radius 2 is 2.17 bits per heavy atom. The molecule has 2 N–H and O–H groups in total. The molecule has 1 atom stereocenters. The van der Waals surface area contributed by atoms with E-state index in [1.54, 1.807) is 12.1 Å². The minimum absolute atomic E-state index is 0.116. The summed E-state index contributed by atoms with van der Waals surface area (Å²) in [5.74, 6) is 2.03. The molecule has 1 fully saturated rings. The van der Waals surface area contributed by atoms with Crippen molar-refractivity contribution in [1.82, 2.24) is 25.0 Å². The number of nitrogens with two attached hydrogens (primary N) is 1. The van der Waals surface area contributed by atoms with Gasteiger partial charge in [0, 0.05) is 19.4 Å². The van der Waals surface area contributed by atoms with E-state index in [2.05, 4.69) is 36.3 Å². The van der Waals surface area contributed by atoms with E-state index >= 15 is 0 Å². The highest BCUT2D eigenvalue weighted by atomic mass is 79.9. The Morgan fingerprint density at radius 3 is 2.90 bits per heavy atom. The van der Waals surface area contributed by atoms with Gasteiger partial charge in [0.25, 0.3) is 5.89 Å². The monoisotopic (exact) mass is 482 g/mol. The summed E-state index contributed by atoms with van der Waals surface area (Å²) in [6, 6.07) is 3.51. The van der Waals surface area contributed by atoms with E-state index in [1.807, 2.05) is 4.57 Å². The highest BCUT2D eigenvalue weighted by Gasteiger charge is 2.22. The van der Waals surface area contributed by atoms with Gasteiger partial charge in [-0.1, -0.05) is 11.8 Å². The summed E-state index contributed by atoms with van der Waals surface area (Å²) in [4.78, 5) is 11.2. The molecule has 1 unspecified atom stereocenters. The predicted octanol–water partition coefficient (Wildman–Crippen LogP) is 2.57. The lowest BCUT2D eigenvalue weighted by Gasteiger charge is -2.14. The molecule has 0 bridgehead atoms. The Balaban J connectivity index is 1.45. The molecule has 12 heteroatoms. The van der Waals surface area contributed by atoms with Crippen LogP contribution in [-0.4, -0.2) is 43.6 Å². The zero-order valence-electron chi connectivity index (χ0n) is 15.4.